The first-order chi connectivity index (χ1) is 8.43. The molecule has 0 atom stereocenters. The Hall–Kier alpha value is -0.430. The van der Waals surface area contributed by atoms with E-state index in [0.717, 1.165) is 22.6 Å². The van der Waals surface area contributed by atoms with Crippen LogP contribution in [0.2, 0.25) is 0 Å². The maximum absolute atomic E-state index is 12.5. The summed E-state index contributed by atoms with van der Waals surface area (Å²) in [4.78, 5) is 2.19. The molecular formula is C12H21NO3S2. The quantitative estimate of drug-likeness (QED) is 0.837. The van der Waals surface area contributed by atoms with Crippen molar-refractivity contribution in [1.29, 1.82) is 0 Å². The molecule has 0 saturated carbocycles. The van der Waals surface area contributed by atoms with Crippen LogP contribution in [-0.4, -0.2) is 37.5 Å². The Kier molecular flexibility index (Phi) is 5.78. The average molecular weight is 291 g/mol. The highest BCUT2D eigenvalue weighted by Crippen LogP contribution is 2.27. The molecule has 1 rings (SSSR count). The van der Waals surface area contributed by atoms with Crippen LogP contribution in [-0.2, 0) is 10.0 Å². The van der Waals surface area contributed by atoms with Gasteiger partial charge in [0, 0.05) is 22.8 Å². The van der Waals surface area contributed by atoms with E-state index in [1.165, 1.54) is 15.6 Å². The summed E-state index contributed by atoms with van der Waals surface area (Å²) in [6, 6.07) is 1.71. The zero-order chi connectivity index (χ0) is 13.8. The molecule has 1 aromatic heterocycles. The normalized spacial score (nSPS) is 12.3. The minimum absolute atomic E-state index is 0.148. The molecule has 6 heteroatoms. The van der Waals surface area contributed by atoms with Crippen LogP contribution in [0, 0.1) is 13.8 Å². The van der Waals surface area contributed by atoms with Gasteiger partial charge in [-0.3, -0.25) is 0 Å². The van der Waals surface area contributed by atoms with Crippen molar-refractivity contribution < 1.29 is 13.5 Å². The number of nitrogens with zero attached hydrogens (tertiary/aromatic N) is 1. The van der Waals surface area contributed by atoms with Gasteiger partial charge in [-0.05, 0) is 26.3 Å². The highest BCUT2D eigenvalue weighted by Gasteiger charge is 2.26. The van der Waals surface area contributed by atoms with E-state index >= 15 is 0 Å². The van der Waals surface area contributed by atoms with Gasteiger partial charge in [0.1, 0.15) is 0 Å². The van der Waals surface area contributed by atoms with E-state index in [1.54, 1.807) is 6.07 Å². The lowest BCUT2D eigenvalue weighted by Crippen LogP contribution is -2.34. The van der Waals surface area contributed by atoms with E-state index in [0.29, 0.717) is 11.4 Å². The average Bonchev–Trinajstić information content (AvgIpc) is 2.64. The lowest BCUT2D eigenvalue weighted by molar-refractivity contribution is 0.252. The third-order valence-corrected chi connectivity index (χ3v) is 5.84. The van der Waals surface area contributed by atoms with Crippen molar-refractivity contribution in [3.8, 4) is 0 Å². The number of rotatable bonds is 7. The summed E-state index contributed by atoms with van der Waals surface area (Å²) >= 11 is 1.49. The predicted molar refractivity (Wildman–Crippen MR) is 74.5 cm³/mol. The van der Waals surface area contributed by atoms with Gasteiger partial charge in [-0.15, -0.1) is 11.3 Å². The third-order valence-electron chi connectivity index (χ3n) is 2.72. The van der Waals surface area contributed by atoms with Crippen LogP contribution in [0.4, 0.5) is 0 Å². The van der Waals surface area contributed by atoms with Crippen LogP contribution in [0.3, 0.4) is 0 Å². The van der Waals surface area contributed by atoms with Crippen LogP contribution in [0.25, 0.3) is 0 Å². The molecule has 0 aliphatic carbocycles. The maximum atomic E-state index is 12.5. The lowest BCUT2D eigenvalue weighted by atomic mass is 10.3. The van der Waals surface area contributed by atoms with Crippen molar-refractivity contribution in [2.24, 2.45) is 0 Å². The van der Waals surface area contributed by atoms with Crippen molar-refractivity contribution >= 4 is 21.4 Å². The Morgan fingerprint density at radius 3 is 2.44 bits per heavy atom. The first-order valence-electron chi connectivity index (χ1n) is 6.11. The maximum Gasteiger partial charge on any atom is 0.244 e. The molecule has 104 valence electrons. The lowest BCUT2D eigenvalue weighted by Gasteiger charge is -2.20. The van der Waals surface area contributed by atoms with Crippen molar-refractivity contribution in [2.75, 3.05) is 19.7 Å². The number of thiophene rings is 1. The summed E-state index contributed by atoms with van der Waals surface area (Å²) in [6.45, 7) is 6.22. The van der Waals surface area contributed by atoms with Gasteiger partial charge in [0.15, 0.2) is 0 Å². The van der Waals surface area contributed by atoms with Gasteiger partial charge in [0.05, 0.1) is 11.5 Å². The van der Waals surface area contributed by atoms with E-state index < -0.39 is 10.0 Å². The summed E-state index contributed by atoms with van der Waals surface area (Å²) in [7, 11) is -3.46. The number of aryl methyl sites for hydroxylation is 2. The number of unbranched alkanes of at least 4 members (excludes halogenated alkanes) is 1. The molecule has 1 N–H and O–H groups in total. The van der Waals surface area contributed by atoms with E-state index in [4.69, 9.17) is 5.11 Å². The number of hydrogen-bond acceptors (Lipinski definition) is 4. The van der Waals surface area contributed by atoms with Gasteiger partial charge >= 0.3 is 0 Å². The van der Waals surface area contributed by atoms with Crippen molar-refractivity contribution in [3.05, 3.63) is 15.8 Å². The summed E-state index contributed by atoms with van der Waals surface area (Å²) in [5, 5.41) is 9.02. The third kappa shape index (κ3) is 3.54. The largest absolute Gasteiger partial charge is 0.395 e. The fraction of sp³-hybridized carbons (Fsp3) is 0.667. The highest BCUT2D eigenvalue weighted by atomic mass is 32.2. The fourth-order valence-corrected chi connectivity index (χ4v) is 4.79. The Morgan fingerprint density at radius 2 is 2.00 bits per heavy atom. The first kappa shape index (κ1) is 15.6. The SMILES string of the molecule is CCCCN(CCO)S(=O)(=O)c1cc(C)sc1C. The molecular weight excluding hydrogens is 270 g/mol. The van der Waals surface area contributed by atoms with E-state index in [2.05, 4.69) is 0 Å². The van der Waals surface area contributed by atoms with E-state index in [-0.39, 0.29) is 13.2 Å². The second kappa shape index (κ2) is 6.65. The summed E-state index contributed by atoms with van der Waals surface area (Å²) in [5.74, 6) is 0. The van der Waals surface area contributed by atoms with E-state index in [1.807, 2.05) is 20.8 Å². The van der Waals surface area contributed by atoms with Crippen molar-refractivity contribution in [2.45, 2.75) is 38.5 Å². The minimum atomic E-state index is -3.46. The van der Waals surface area contributed by atoms with Crippen molar-refractivity contribution in [1.82, 2.24) is 4.31 Å². The number of aliphatic hydroxyl groups is 1. The Bertz CT molecular complexity index is 480. The molecule has 0 bridgehead atoms. The summed E-state index contributed by atoms with van der Waals surface area (Å²) < 4.78 is 26.3. The van der Waals surface area contributed by atoms with Gasteiger partial charge in [-0.25, -0.2) is 8.42 Å². The monoisotopic (exact) mass is 291 g/mol. The predicted octanol–water partition coefficient (Wildman–Crippen LogP) is 2.15. The van der Waals surface area contributed by atoms with Gasteiger partial charge in [-0.1, -0.05) is 13.3 Å². The first-order valence-corrected chi connectivity index (χ1v) is 8.37. The minimum Gasteiger partial charge on any atom is -0.395 e. The van der Waals surface area contributed by atoms with Crippen LogP contribution in [0.5, 0.6) is 0 Å². The van der Waals surface area contributed by atoms with Gasteiger partial charge in [-0.2, -0.15) is 4.31 Å². The summed E-state index contributed by atoms with van der Waals surface area (Å²) in [6.07, 6.45) is 1.74. The molecule has 0 aromatic carbocycles. The Morgan fingerprint density at radius 1 is 1.33 bits per heavy atom. The summed E-state index contributed by atoms with van der Waals surface area (Å²) in [5.41, 5.74) is 0. The topological polar surface area (TPSA) is 57.6 Å². The van der Waals surface area contributed by atoms with Crippen LogP contribution < -0.4 is 0 Å². The standard InChI is InChI=1S/C12H21NO3S2/c1-4-5-6-13(7-8-14)18(15,16)12-9-10(2)17-11(12)3/h9,14H,4-8H2,1-3H3. The smallest absolute Gasteiger partial charge is 0.244 e. The molecule has 4 nitrogen and oxygen atoms in total. The van der Waals surface area contributed by atoms with Gasteiger partial charge in [0.2, 0.25) is 10.0 Å². The highest BCUT2D eigenvalue weighted by molar-refractivity contribution is 7.89. The molecule has 0 saturated heterocycles. The van der Waals surface area contributed by atoms with Crippen LogP contribution >= 0.6 is 11.3 Å². The van der Waals surface area contributed by atoms with Crippen LogP contribution in [0.1, 0.15) is 29.5 Å². The van der Waals surface area contributed by atoms with Gasteiger partial charge in [0.25, 0.3) is 0 Å². The molecule has 0 fully saturated rings. The zero-order valence-electron chi connectivity index (χ0n) is 11.1. The fourth-order valence-electron chi connectivity index (χ4n) is 1.80. The second-order valence-electron chi connectivity index (χ2n) is 4.26. The Balaban J connectivity index is 3.04. The molecule has 18 heavy (non-hydrogen) atoms. The molecule has 1 aromatic rings. The Labute approximate surface area is 113 Å². The van der Waals surface area contributed by atoms with Crippen LogP contribution in [0.15, 0.2) is 11.0 Å². The van der Waals surface area contributed by atoms with Crippen molar-refractivity contribution in [3.63, 3.8) is 0 Å². The van der Waals surface area contributed by atoms with Gasteiger partial charge < -0.3 is 5.11 Å². The number of hydrogen-bond donors (Lipinski definition) is 1. The molecule has 0 radical (unpaired) electrons. The van der Waals surface area contributed by atoms with E-state index in [9.17, 15) is 8.42 Å². The molecule has 0 unspecified atom stereocenters. The molecule has 0 spiro atoms. The molecule has 0 aliphatic heterocycles. The number of sulfonamides is 1. The number of aliphatic hydroxyl groups excluding tert-OH is 1. The zero-order valence-corrected chi connectivity index (χ0v) is 12.8. The second-order valence-corrected chi connectivity index (χ2v) is 7.63. The molecule has 0 aliphatic rings. The molecule has 0 amide bonds. The molecule has 1 heterocycles.